The van der Waals surface area contributed by atoms with Crippen LogP contribution < -0.4 is 15.4 Å². The fraction of sp³-hybridized carbons (Fsp3) is 0.455. The van der Waals surface area contributed by atoms with Crippen LogP contribution in [0.4, 0.5) is 0 Å². The van der Waals surface area contributed by atoms with Gasteiger partial charge >= 0.3 is 0 Å². The first-order chi connectivity index (χ1) is 15.7. The van der Waals surface area contributed by atoms with Crippen LogP contribution >= 0.6 is 11.3 Å². The van der Waals surface area contributed by atoms with Crippen LogP contribution in [0.1, 0.15) is 37.3 Å². The largest absolute Gasteiger partial charge is 0.349 e. The Kier molecular flexibility index (Phi) is 8.33. The van der Waals surface area contributed by atoms with Crippen molar-refractivity contribution in [3.63, 3.8) is 0 Å². The van der Waals surface area contributed by atoms with Gasteiger partial charge in [-0.2, -0.15) is 4.72 Å². The molecule has 0 saturated heterocycles. The van der Waals surface area contributed by atoms with Crippen molar-refractivity contribution < 1.29 is 22.8 Å². The molecular weight excluding hydrogens is 464 g/mol. The van der Waals surface area contributed by atoms with Crippen LogP contribution in [0.2, 0.25) is 0 Å². The van der Waals surface area contributed by atoms with Crippen LogP contribution in [-0.2, 0) is 37.2 Å². The second-order valence-corrected chi connectivity index (χ2v) is 10.9. The van der Waals surface area contributed by atoms with Gasteiger partial charge in [0.05, 0.1) is 22.1 Å². The fourth-order valence-corrected chi connectivity index (χ4v) is 5.76. The number of aromatic nitrogens is 1. The van der Waals surface area contributed by atoms with Crippen molar-refractivity contribution in [2.45, 2.75) is 56.5 Å². The predicted octanol–water partition coefficient (Wildman–Crippen LogP) is 1.20. The number of Topliss-reactive ketones (excluding diaryl/α,β-unsaturated/α-hetero) is 1. The summed E-state index contributed by atoms with van der Waals surface area (Å²) in [5.74, 6) is -2.58. The highest BCUT2D eigenvalue weighted by molar-refractivity contribution is 7.89. The summed E-state index contributed by atoms with van der Waals surface area (Å²) in [6.45, 7) is 3.74. The van der Waals surface area contributed by atoms with E-state index in [1.54, 1.807) is 37.6 Å². The van der Waals surface area contributed by atoms with E-state index in [-0.39, 0.29) is 11.3 Å². The summed E-state index contributed by atoms with van der Waals surface area (Å²) in [5.41, 5.74) is 2.60. The summed E-state index contributed by atoms with van der Waals surface area (Å²) < 4.78 is 28.0. The second kappa shape index (κ2) is 11.0. The minimum atomic E-state index is -3.96. The summed E-state index contributed by atoms with van der Waals surface area (Å²) in [6, 6.07) is 5.52. The van der Waals surface area contributed by atoms with Gasteiger partial charge < -0.3 is 10.6 Å². The van der Waals surface area contributed by atoms with Gasteiger partial charge in [-0.05, 0) is 43.7 Å². The summed E-state index contributed by atoms with van der Waals surface area (Å²) >= 11 is 1.53. The lowest BCUT2D eigenvalue weighted by atomic mass is 10.0. The third kappa shape index (κ3) is 6.46. The molecule has 0 spiro atoms. The molecule has 2 heterocycles. The van der Waals surface area contributed by atoms with Gasteiger partial charge in [-0.15, -0.1) is 11.3 Å². The molecule has 1 aromatic heterocycles. The highest BCUT2D eigenvalue weighted by Crippen LogP contribution is 2.19. The Morgan fingerprint density at radius 2 is 1.91 bits per heavy atom. The molecule has 0 aliphatic carbocycles. The van der Waals surface area contributed by atoms with E-state index >= 15 is 0 Å². The Balaban J connectivity index is 1.79. The van der Waals surface area contributed by atoms with Crippen LogP contribution in [0.15, 0.2) is 40.7 Å². The summed E-state index contributed by atoms with van der Waals surface area (Å²) in [6.07, 6.45) is 2.04. The zero-order valence-electron chi connectivity index (χ0n) is 18.5. The van der Waals surface area contributed by atoms with Gasteiger partial charge in [-0.25, -0.2) is 13.4 Å². The number of benzene rings is 1. The van der Waals surface area contributed by atoms with Gasteiger partial charge in [-0.3, -0.25) is 14.4 Å². The Bertz CT molecular complexity index is 1100. The van der Waals surface area contributed by atoms with Crippen molar-refractivity contribution in [3.05, 3.63) is 46.4 Å². The maximum atomic E-state index is 13.1. The molecule has 1 aliphatic heterocycles. The van der Waals surface area contributed by atoms with E-state index in [0.717, 1.165) is 17.0 Å². The molecule has 2 atom stereocenters. The molecule has 2 amide bonds. The number of nitrogens with zero attached hydrogens (tertiary/aromatic N) is 1. The van der Waals surface area contributed by atoms with Crippen molar-refractivity contribution in [1.29, 1.82) is 0 Å². The minimum Gasteiger partial charge on any atom is -0.349 e. The number of ketones is 1. The Morgan fingerprint density at radius 3 is 2.61 bits per heavy atom. The van der Waals surface area contributed by atoms with Crippen LogP contribution in [0.5, 0.6) is 0 Å². The molecule has 0 fully saturated rings. The molecule has 2 unspecified atom stereocenters. The van der Waals surface area contributed by atoms with Crippen LogP contribution in [0.3, 0.4) is 0 Å². The number of carbonyl (C=O) groups is 3. The van der Waals surface area contributed by atoms with Gasteiger partial charge in [0.25, 0.3) is 5.91 Å². The van der Waals surface area contributed by atoms with Gasteiger partial charge in [0, 0.05) is 11.4 Å². The van der Waals surface area contributed by atoms with Crippen LogP contribution in [0, 0.1) is 5.92 Å². The van der Waals surface area contributed by atoms with Crippen LogP contribution in [0.25, 0.3) is 0 Å². The number of hydrogen-bond donors (Lipinski definition) is 3. The van der Waals surface area contributed by atoms with E-state index < -0.39 is 45.6 Å². The summed E-state index contributed by atoms with van der Waals surface area (Å²) in [7, 11) is -3.96. The Labute approximate surface area is 197 Å². The zero-order chi connectivity index (χ0) is 24.0. The minimum absolute atomic E-state index is 0.0323. The topological polar surface area (TPSA) is 134 Å². The standard InChI is InChI=1S/C22H28N4O5S2/c1-14(2)19(26-33(30,31)15-7-4-3-5-8-15)21(28)25-17-11-10-16-18(32-13-24-16)9-6-12-23-22(29)20(17)27/h3-5,7-8,13-14,17,19,26H,6,9-12H2,1-2H3,(H,23,29)(H,25,28). The van der Waals surface area contributed by atoms with Gasteiger partial charge in [-0.1, -0.05) is 32.0 Å². The third-order valence-electron chi connectivity index (χ3n) is 5.40. The lowest BCUT2D eigenvalue weighted by molar-refractivity contribution is -0.140. The zero-order valence-corrected chi connectivity index (χ0v) is 20.2. The molecule has 2 aromatic rings. The molecule has 178 valence electrons. The maximum Gasteiger partial charge on any atom is 0.289 e. The number of hydrogen-bond acceptors (Lipinski definition) is 7. The van der Waals surface area contributed by atoms with Gasteiger partial charge in [0.1, 0.15) is 6.04 Å². The number of rotatable bonds is 6. The second-order valence-electron chi connectivity index (χ2n) is 8.20. The SMILES string of the molecule is CC(C)C(NS(=O)(=O)c1ccccc1)C(=O)NC1CCc2ncsc2CCCNC(=O)C1=O. The molecule has 11 heteroatoms. The number of thiazole rings is 1. The average Bonchev–Trinajstić information content (AvgIpc) is 3.23. The highest BCUT2D eigenvalue weighted by Gasteiger charge is 2.33. The molecule has 0 radical (unpaired) electrons. The average molecular weight is 493 g/mol. The monoisotopic (exact) mass is 492 g/mol. The number of aryl methyl sites for hydroxylation is 2. The van der Waals surface area contributed by atoms with Gasteiger partial charge in [0.2, 0.25) is 21.7 Å². The predicted molar refractivity (Wildman–Crippen MR) is 124 cm³/mol. The molecule has 9 nitrogen and oxygen atoms in total. The number of fused-ring (bicyclic) bond motifs is 1. The van der Waals surface area contributed by atoms with E-state index in [1.165, 1.54) is 23.5 Å². The van der Waals surface area contributed by atoms with Crippen molar-refractivity contribution in [1.82, 2.24) is 20.3 Å². The van der Waals surface area contributed by atoms with E-state index in [4.69, 9.17) is 0 Å². The lowest BCUT2D eigenvalue weighted by Gasteiger charge is -2.24. The normalized spacial score (nSPS) is 18.7. The number of nitrogens with one attached hydrogen (secondary N) is 3. The van der Waals surface area contributed by atoms with Crippen molar-refractivity contribution >= 4 is 39.0 Å². The molecule has 0 bridgehead atoms. The van der Waals surface area contributed by atoms with E-state index in [9.17, 15) is 22.8 Å². The van der Waals surface area contributed by atoms with E-state index in [2.05, 4.69) is 20.3 Å². The lowest BCUT2D eigenvalue weighted by Crippen LogP contribution is -2.55. The number of carbonyl (C=O) groups excluding carboxylic acids is 3. The Morgan fingerprint density at radius 1 is 1.18 bits per heavy atom. The van der Waals surface area contributed by atoms with Crippen molar-refractivity contribution in [2.75, 3.05) is 6.54 Å². The fourth-order valence-electron chi connectivity index (χ4n) is 3.54. The van der Waals surface area contributed by atoms with Crippen LogP contribution in [-0.4, -0.2) is 49.6 Å². The van der Waals surface area contributed by atoms with Gasteiger partial charge in [0.15, 0.2) is 0 Å². The molecule has 1 aliphatic rings. The summed E-state index contributed by atoms with van der Waals surface area (Å²) in [4.78, 5) is 43.7. The number of sulfonamides is 1. The highest BCUT2D eigenvalue weighted by atomic mass is 32.2. The molecule has 3 N–H and O–H groups in total. The van der Waals surface area contributed by atoms with Crippen molar-refractivity contribution in [2.24, 2.45) is 5.92 Å². The third-order valence-corrected chi connectivity index (χ3v) is 7.79. The molecule has 1 aromatic carbocycles. The summed E-state index contributed by atoms with van der Waals surface area (Å²) in [5, 5.41) is 5.21. The molecule has 33 heavy (non-hydrogen) atoms. The van der Waals surface area contributed by atoms with E-state index in [1.807, 2.05) is 0 Å². The smallest absolute Gasteiger partial charge is 0.289 e. The first-order valence-electron chi connectivity index (χ1n) is 10.8. The quantitative estimate of drug-likeness (QED) is 0.519. The first kappa shape index (κ1) is 25.0. The van der Waals surface area contributed by atoms with Crippen molar-refractivity contribution in [3.8, 4) is 0 Å². The molecule has 3 rings (SSSR count). The van der Waals surface area contributed by atoms with E-state index in [0.29, 0.717) is 19.4 Å². The maximum absolute atomic E-state index is 13.1. The molecule has 0 saturated carbocycles. The first-order valence-corrected chi connectivity index (χ1v) is 13.2. The number of amides is 2. The molecular formula is C22H28N4O5S2. The Hall–Kier alpha value is -2.63.